The molecule has 0 saturated heterocycles. The van der Waals surface area contributed by atoms with Crippen molar-refractivity contribution in [3.63, 3.8) is 0 Å². The Labute approximate surface area is 139 Å². The van der Waals surface area contributed by atoms with Crippen LogP contribution in [0.2, 0.25) is 0 Å². The predicted octanol–water partition coefficient (Wildman–Crippen LogP) is 5.54. The van der Waals surface area contributed by atoms with E-state index in [1.807, 2.05) is 0 Å². The Bertz CT molecular complexity index is 497. The van der Waals surface area contributed by atoms with E-state index in [1.54, 1.807) is 0 Å². The molecule has 0 bridgehead atoms. The van der Waals surface area contributed by atoms with E-state index >= 15 is 0 Å². The minimum atomic E-state index is -7.54. The highest BCUT2D eigenvalue weighted by Crippen LogP contribution is 2.61. The Balaban J connectivity index is 6.14. The monoisotopic (exact) mass is 414 g/mol. The SMILES string of the molecule is C/C=C/CC(F)(F)C(F)(F)C(F)(F)C(F)(F)C(F)(F)C(F)(F)CCCO. The van der Waals surface area contributed by atoms with Crippen LogP contribution in [0.4, 0.5) is 52.7 Å². The van der Waals surface area contributed by atoms with Crippen molar-refractivity contribution >= 4 is 0 Å². The van der Waals surface area contributed by atoms with Crippen molar-refractivity contribution in [3.05, 3.63) is 12.2 Å². The summed E-state index contributed by atoms with van der Waals surface area (Å²) < 4.78 is 160. The molecule has 0 unspecified atom stereocenters. The molecule has 0 heterocycles. The van der Waals surface area contributed by atoms with Crippen molar-refractivity contribution in [2.45, 2.75) is 61.7 Å². The molecule has 156 valence electrons. The molecule has 0 aliphatic carbocycles. The number of halogens is 12. The molecule has 1 nitrogen and oxygen atoms in total. The number of aliphatic hydroxyl groups excluding tert-OH is 1. The molecule has 0 aromatic rings. The molecule has 0 rings (SSSR count). The summed E-state index contributed by atoms with van der Waals surface area (Å²) in [5.41, 5.74) is 0. The van der Waals surface area contributed by atoms with Gasteiger partial charge >= 0.3 is 35.5 Å². The molecule has 0 aliphatic rings. The van der Waals surface area contributed by atoms with Crippen LogP contribution in [0.1, 0.15) is 26.2 Å². The van der Waals surface area contributed by atoms with Gasteiger partial charge in [-0.3, -0.25) is 0 Å². The Morgan fingerprint density at radius 3 is 1.38 bits per heavy atom. The molecule has 0 amide bonds. The first-order chi connectivity index (χ1) is 11.4. The summed E-state index contributed by atoms with van der Waals surface area (Å²) in [5.74, 6) is -41.2. The molecule has 0 spiro atoms. The van der Waals surface area contributed by atoms with Crippen LogP contribution >= 0.6 is 0 Å². The van der Waals surface area contributed by atoms with Crippen molar-refractivity contribution in [2.75, 3.05) is 6.61 Å². The molecule has 0 atom stereocenters. The van der Waals surface area contributed by atoms with E-state index in [-0.39, 0.29) is 6.08 Å². The van der Waals surface area contributed by atoms with Crippen molar-refractivity contribution in [3.8, 4) is 0 Å². The normalized spacial score (nSPS) is 15.8. The third kappa shape index (κ3) is 3.77. The molecule has 0 radical (unpaired) electrons. The van der Waals surface area contributed by atoms with Crippen LogP contribution < -0.4 is 0 Å². The minimum absolute atomic E-state index is 0.177. The third-order valence-corrected chi connectivity index (χ3v) is 3.36. The second-order valence-corrected chi connectivity index (χ2v) is 5.31. The summed E-state index contributed by atoms with van der Waals surface area (Å²) in [5, 5.41) is 8.24. The average molecular weight is 414 g/mol. The molecule has 0 aliphatic heterocycles. The topological polar surface area (TPSA) is 20.2 Å². The van der Waals surface area contributed by atoms with Crippen LogP contribution in [0, 0.1) is 0 Å². The zero-order valence-corrected chi connectivity index (χ0v) is 13.0. The lowest BCUT2D eigenvalue weighted by molar-refractivity contribution is -0.425. The van der Waals surface area contributed by atoms with Gasteiger partial charge in [0.1, 0.15) is 0 Å². The molecule has 0 saturated carbocycles. The predicted molar refractivity (Wildman–Crippen MR) is 65.4 cm³/mol. The van der Waals surface area contributed by atoms with Crippen LogP contribution in [0.3, 0.4) is 0 Å². The summed E-state index contributed by atoms with van der Waals surface area (Å²) >= 11 is 0. The van der Waals surface area contributed by atoms with E-state index in [0.717, 1.165) is 6.92 Å². The summed E-state index contributed by atoms with van der Waals surface area (Å²) in [6, 6.07) is 0. The third-order valence-electron chi connectivity index (χ3n) is 3.36. The number of rotatable bonds is 10. The van der Waals surface area contributed by atoms with E-state index in [0.29, 0.717) is 6.08 Å². The zero-order chi connectivity index (χ0) is 21.2. The first-order valence-electron chi connectivity index (χ1n) is 6.86. The van der Waals surface area contributed by atoms with Crippen LogP contribution in [-0.4, -0.2) is 47.2 Å². The Hall–Kier alpha value is -1.14. The smallest absolute Gasteiger partial charge is 0.384 e. The maximum atomic E-state index is 13.4. The maximum Gasteiger partial charge on any atom is 0.384 e. The first-order valence-corrected chi connectivity index (χ1v) is 6.86. The van der Waals surface area contributed by atoms with Gasteiger partial charge in [0.15, 0.2) is 0 Å². The van der Waals surface area contributed by atoms with Gasteiger partial charge < -0.3 is 5.11 Å². The van der Waals surface area contributed by atoms with E-state index in [9.17, 15) is 52.7 Å². The van der Waals surface area contributed by atoms with Crippen molar-refractivity contribution in [2.24, 2.45) is 0 Å². The van der Waals surface area contributed by atoms with Crippen LogP contribution in [0.25, 0.3) is 0 Å². The van der Waals surface area contributed by atoms with Gasteiger partial charge in [-0.15, -0.1) is 0 Å². The van der Waals surface area contributed by atoms with E-state index in [4.69, 9.17) is 5.11 Å². The van der Waals surface area contributed by atoms with E-state index in [1.165, 1.54) is 0 Å². The first kappa shape index (κ1) is 24.9. The van der Waals surface area contributed by atoms with Gasteiger partial charge in [0.05, 0.1) is 0 Å². The highest BCUT2D eigenvalue weighted by Gasteiger charge is 2.89. The zero-order valence-electron chi connectivity index (χ0n) is 13.0. The van der Waals surface area contributed by atoms with Gasteiger partial charge in [-0.25, -0.2) is 0 Å². The standard InChI is InChI=1S/C13H14F12O/c1-2-3-5-8(14,15)10(18,19)12(22,23)13(24,25)11(20,21)9(16,17)6-4-7-26/h2-3,26H,4-7H2,1H3/b3-2+. The summed E-state index contributed by atoms with van der Waals surface area (Å²) in [4.78, 5) is 0. The molecular formula is C13H14F12O. The van der Waals surface area contributed by atoms with Gasteiger partial charge in [0.25, 0.3) is 0 Å². The molecule has 0 aromatic carbocycles. The largest absolute Gasteiger partial charge is 0.396 e. The summed E-state index contributed by atoms with van der Waals surface area (Å²) in [6.07, 6.45) is -4.93. The van der Waals surface area contributed by atoms with Crippen molar-refractivity contribution in [1.29, 1.82) is 0 Å². The number of hydrogen-bond donors (Lipinski definition) is 1. The molecule has 0 aromatic heterocycles. The van der Waals surface area contributed by atoms with Crippen LogP contribution in [0.15, 0.2) is 12.2 Å². The van der Waals surface area contributed by atoms with Crippen molar-refractivity contribution < 1.29 is 57.8 Å². The average Bonchev–Trinajstić information content (AvgIpc) is 2.49. The Kier molecular flexibility index (Phi) is 7.14. The fourth-order valence-corrected chi connectivity index (χ4v) is 1.71. The lowest BCUT2D eigenvalue weighted by Crippen LogP contribution is -2.70. The Morgan fingerprint density at radius 1 is 0.654 bits per heavy atom. The Morgan fingerprint density at radius 2 is 1.04 bits per heavy atom. The second kappa shape index (κ2) is 7.47. The number of hydrogen-bond acceptors (Lipinski definition) is 1. The number of alkyl halides is 12. The quantitative estimate of drug-likeness (QED) is 0.368. The highest BCUT2D eigenvalue weighted by molar-refractivity contribution is 5.12. The minimum Gasteiger partial charge on any atom is -0.396 e. The molecule has 0 fully saturated rings. The van der Waals surface area contributed by atoms with Gasteiger partial charge in [-0.05, 0) is 13.3 Å². The molecule has 26 heavy (non-hydrogen) atoms. The lowest BCUT2D eigenvalue weighted by atomic mass is 9.89. The van der Waals surface area contributed by atoms with E-state index < -0.39 is 61.4 Å². The number of allylic oxidation sites excluding steroid dienone is 2. The highest BCUT2D eigenvalue weighted by atomic mass is 19.4. The summed E-state index contributed by atoms with van der Waals surface area (Å²) in [7, 11) is 0. The van der Waals surface area contributed by atoms with Gasteiger partial charge in [-0.1, -0.05) is 12.2 Å². The molecule has 1 N–H and O–H groups in total. The van der Waals surface area contributed by atoms with Crippen LogP contribution in [-0.2, 0) is 0 Å². The number of aliphatic hydroxyl groups is 1. The van der Waals surface area contributed by atoms with Gasteiger partial charge in [-0.2, -0.15) is 52.7 Å². The molecule has 13 heteroatoms. The lowest BCUT2D eigenvalue weighted by Gasteiger charge is -2.41. The van der Waals surface area contributed by atoms with Crippen molar-refractivity contribution in [1.82, 2.24) is 0 Å². The molecular weight excluding hydrogens is 400 g/mol. The second-order valence-electron chi connectivity index (χ2n) is 5.31. The van der Waals surface area contributed by atoms with E-state index in [2.05, 4.69) is 0 Å². The fourth-order valence-electron chi connectivity index (χ4n) is 1.71. The van der Waals surface area contributed by atoms with Gasteiger partial charge in [0, 0.05) is 19.4 Å². The van der Waals surface area contributed by atoms with Crippen LogP contribution in [0.5, 0.6) is 0 Å². The van der Waals surface area contributed by atoms with Gasteiger partial charge in [0.2, 0.25) is 0 Å². The summed E-state index contributed by atoms with van der Waals surface area (Å²) in [6.45, 7) is -0.248. The fraction of sp³-hybridized carbons (Fsp3) is 0.846. The maximum absolute atomic E-state index is 13.4.